The summed E-state index contributed by atoms with van der Waals surface area (Å²) >= 11 is 3.57. The van der Waals surface area contributed by atoms with Crippen LogP contribution in [0.25, 0.3) is 22.8 Å². The van der Waals surface area contributed by atoms with Gasteiger partial charge in [0.1, 0.15) is 11.5 Å². The van der Waals surface area contributed by atoms with Crippen molar-refractivity contribution in [1.29, 1.82) is 0 Å². The largest absolute Gasteiger partial charge is 0.306 e. The van der Waals surface area contributed by atoms with Crippen LogP contribution >= 0.6 is 23.1 Å². The van der Waals surface area contributed by atoms with E-state index in [0.717, 1.165) is 35.9 Å². The van der Waals surface area contributed by atoms with Gasteiger partial charge in [0.2, 0.25) is 0 Å². The lowest BCUT2D eigenvalue weighted by molar-refractivity contribution is 0.295. The number of hydrogen-bond acceptors (Lipinski definition) is 6. The van der Waals surface area contributed by atoms with Gasteiger partial charge in [0, 0.05) is 48.1 Å². The van der Waals surface area contributed by atoms with Crippen molar-refractivity contribution < 1.29 is 0 Å². The van der Waals surface area contributed by atoms with E-state index < -0.39 is 0 Å². The Morgan fingerprint density at radius 3 is 2.73 bits per heavy atom. The predicted molar refractivity (Wildman–Crippen MR) is 109 cm³/mol. The molecule has 3 aromatic rings. The monoisotopic (exact) mass is 384 g/mol. The van der Waals surface area contributed by atoms with Crippen molar-refractivity contribution in [1.82, 2.24) is 19.9 Å². The molecule has 134 valence electrons. The molecule has 1 N–H and O–H groups in total. The molecule has 7 heteroatoms. The van der Waals surface area contributed by atoms with E-state index in [0.29, 0.717) is 11.5 Å². The Kier molecular flexibility index (Phi) is 5.19. The number of aryl methyl sites for hydroxylation is 1. The van der Waals surface area contributed by atoms with Crippen LogP contribution in [-0.2, 0) is 6.54 Å². The maximum atomic E-state index is 12.2. The standard InChI is InChI=1S/C19H20N4OS2/c1-13-20-17(12-26-13)16-10-18(24)22-19(21-16)15-5-3-2-4-14(15)11-23-6-8-25-9-7-23/h2-5,10,12H,6-9,11H2,1H3,(H,21,22,24). The van der Waals surface area contributed by atoms with Crippen LogP contribution in [0.15, 0.2) is 40.5 Å². The highest BCUT2D eigenvalue weighted by Gasteiger charge is 2.15. The van der Waals surface area contributed by atoms with Crippen molar-refractivity contribution in [3.63, 3.8) is 0 Å². The number of hydrogen-bond donors (Lipinski definition) is 1. The Bertz CT molecular complexity index is 960. The summed E-state index contributed by atoms with van der Waals surface area (Å²) < 4.78 is 0. The van der Waals surface area contributed by atoms with Crippen molar-refractivity contribution in [2.75, 3.05) is 24.6 Å². The summed E-state index contributed by atoms with van der Waals surface area (Å²) in [5.41, 5.74) is 3.40. The predicted octanol–water partition coefficient (Wildman–Crippen LogP) is 3.42. The molecule has 1 aromatic carbocycles. The minimum absolute atomic E-state index is 0.153. The van der Waals surface area contributed by atoms with Crippen LogP contribution in [0.5, 0.6) is 0 Å². The number of thiazole rings is 1. The van der Waals surface area contributed by atoms with Crippen molar-refractivity contribution in [2.24, 2.45) is 0 Å². The van der Waals surface area contributed by atoms with E-state index in [-0.39, 0.29) is 5.56 Å². The fraction of sp³-hybridized carbons (Fsp3) is 0.316. The molecule has 26 heavy (non-hydrogen) atoms. The summed E-state index contributed by atoms with van der Waals surface area (Å²) in [5, 5.41) is 2.91. The lowest BCUT2D eigenvalue weighted by Gasteiger charge is -2.26. The molecule has 5 nitrogen and oxygen atoms in total. The Hall–Kier alpha value is -1.96. The van der Waals surface area contributed by atoms with Crippen LogP contribution in [-0.4, -0.2) is 44.4 Å². The van der Waals surface area contributed by atoms with Gasteiger partial charge >= 0.3 is 0 Å². The molecule has 1 aliphatic heterocycles. The van der Waals surface area contributed by atoms with Gasteiger partial charge in [0.15, 0.2) is 0 Å². The number of aromatic nitrogens is 3. The topological polar surface area (TPSA) is 61.9 Å². The normalized spacial score (nSPS) is 15.3. The second-order valence-corrected chi connectivity index (χ2v) is 8.56. The Morgan fingerprint density at radius 2 is 1.96 bits per heavy atom. The van der Waals surface area contributed by atoms with E-state index in [1.54, 1.807) is 11.3 Å². The molecule has 0 spiro atoms. The lowest BCUT2D eigenvalue weighted by atomic mass is 10.1. The van der Waals surface area contributed by atoms with Crippen LogP contribution in [0, 0.1) is 6.92 Å². The molecular weight excluding hydrogens is 364 g/mol. The first-order chi connectivity index (χ1) is 12.7. The third-order valence-corrected chi connectivity index (χ3v) is 6.11. The van der Waals surface area contributed by atoms with Crippen molar-refractivity contribution >= 4 is 23.1 Å². The second-order valence-electron chi connectivity index (χ2n) is 6.28. The molecule has 2 aromatic heterocycles. The van der Waals surface area contributed by atoms with E-state index in [2.05, 4.69) is 20.9 Å². The molecule has 0 atom stereocenters. The van der Waals surface area contributed by atoms with Gasteiger partial charge in [0.25, 0.3) is 5.56 Å². The highest BCUT2D eigenvalue weighted by Crippen LogP contribution is 2.25. The van der Waals surface area contributed by atoms with Gasteiger partial charge in [-0.25, -0.2) is 9.97 Å². The lowest BCUT2D eigenvalue weighted by Crippen LogP contribution is -2.32. The smallest absolute Gasteiger partial charge is 0.251 e. The fourth-order valence-corrected chi connectivity index (χ4v) is 4.67. The van der Waals surface area contributed by atoms with Gasteiger partial charge in [-0.3, -0.25) is 9.69 Å². The van der Waals surface area contributed by atoms with E-state index in [9.17, 15) is 4.79 Å². The molecule has 0 radical (unpaired) electrons. The summed E-state index contributed by atoms with van der Waals surface area (Å²) in [6, 6.07) is 9.70. The van der Waals surface area contributed by atoms with E-state index in [1.165, 1.54) is 23.1 Å². The first-order valence-corrected chi connectivity index (χ1v) is 10.6. The average molecular weight is 385 g/mol. The van der Waals surface area contributed by atoms with Gasteiger partial charge in [-0.05, 0) is 12.5 Å². The molecule has 0 unspecified atom stereocenters. The quantitative estimate of drug-likeness (QED) is 0.747. The van der Waals surface area contributed by atoms with Crippen LogP contribution in [0.1, 0.15) is 10.6 Å². The molecule has 1 saturated heterocycles. The Labute approximate surface area is 160 Å². The van der Waals surface area contributed by atoms with E-state index in [4.69, 9.17) is 4.98 Å². The summed E-state index contributed by atoms with van der Waals surface area (Å²) in [5.74, 6) is 2.96. The number of nitrogens with one attached hydrogen (secondary N) is 1. The molecule has 0 bridgehead atoms. The zero-order valence-electron chi connectivity index (χ0n) is 14.6. The maximum absolute atomic E-state index is 12.2. The second kappa shape index (κ2) is 7.73. The molecule has 0 amide bonds. The van der Waals surface area contributed by atoms with E-state index >= 15 is 0 Å². The van der Waals surface area contributed by atoms with Crippen LogP contribution in [0.4, 0.5) is 0 Å². The SMILES string of the molecule is Cc1nc(-c2cc(=O)[nH]c(-c3ccccc3CN3CCSCC3)n2)cs1. The number of nitrogens with zero attached hydrogens (tertiary/aromatic N) is 3. The Morgan fingerprint density at radius 1 is 1.15 bits per heavy atom. The Balaban J connectivity index is 1.71. The molecule has 1 fully saturated rings. The molecule has 0 saturated carbocycles. The van der Waals surface area contributed by atoms with Crippen molar-refractivity contribution in [3.8, 4) is 22.8 Å². The maximum Gasteiger partial charge on any atom is 0.251 e. The third kappa shape index (κ3) is 3.90. The first kappa shape index (κ1) is 17.5. The third-order valence-electron chi connectivity index (χ3n) is 4.39. The highest BCUT2D eigenvalue weighted by molar-refractivity contribution is 7.99. The zero-order chi connectivity index (χ0) is 17.9. The number of rotatable bonds is 4. The molecule has 4 rings (SSSR count). The first-order valence-electron chi connectivity index (χ1n) is 8.61. The molecule has 1 aliphatic rings. The van der Waals surface area contributed by atoms with Gasteiger partial charge in [-0.2, -0.15) is 11.8 Å². The van der Waals surface area contributed by atoms with Gasteiger partial charge < -0.3 is 4.98 Å². The van der Waals surface area contributed by atoms with Gasteiger partial charge in [-0.1, -0.05) is 24.3 Å². The van der Waals surface area contributed by atoms with Crippen LogP contribution < -0.4 is 5.56 Å². The number of aromatic amines is 1. The molecule has 3 heterocycles. The van der Waals surface area contributed by atoms with Crippen molar-refractivity contribution in [3.05, 3.63) is 56.6 Å². The van der Waals surface area contributed by atoms with Crippen LogP contribution in [0.2, 0.25) is 0 Å². The minimum Gasteiger partial charge on any atom is -0.306 e. The summed E-state index contributed by atoms with van der Waals surface area (Å²) in [4.78, 5) is 26.8. The van der Waals surface area contributed by atoms with Gasteiger partial charge in [0.05, 0.1) is 10.7 Å². The highest BCUT2D eigenvalue weighted by atomic mass is 32.2. The van der Waals surface area contributed by atoms with E-state index in [1.807, 2.05) is 42.3 Å². The number of benzene rings is 1. The number of thioether (sulfide) groups is 1. The summed E-state index contributed by atoms with van der Waals surface area (Å²) in [6.45, 7) is 5.02. The fourth-order valence-electron chi connectivity index (χ4n) is 3.09. The zero-order valence-corrected chi connectivity index (χ0v) is 16.2. The molecule has 0 aliphatic carbocycles. The number of H-pyrrole nitrogens is 1. The minimum atomic E-state index is -0.153. The average Bonchev–Trinajstić information content (AvgIpc) is 3.09. The van der Waals surface area contributed by atoms with Crippen molar-refractivity contribution in [2.45, 2.75) is 13.5 Å². The van der Waals surface area contributed by atoms with Gasteiger partial charge in [-0.15, -0.1) is 11.3 Å². The van der Waals surface area contributed by atoms with Crippen LogP contribution in [0.3, 0.4) is 0 Å². The summed E-state index contributed by atoms with van der Waals surface area (Å²) in [7, 11) is 0. The summed E-state index contributed by atoms with van der Waals surface area (Å²) in [6.07, 6.45) is 0. The molecular formula is C19H20N4OS2.